The van der Waals surface area contributed by atoms with Gasteiger partial charge in [-0.05, 0) is 35.9 Å². The van der Waals surface area contributed by atoms with Gasteiger partial charge in [-0.3, -0.25) is 0 Å². The number of hydrogen-bond acceptors (Lipinski definition) is 0. The van der Waals surface area contributed by atoms with E-state index in [0.717, 1.165) is 10.6 Å². The highest BCUT2D eigenvalue weighted by Crippen LogP contribution is 2.14. The highest BCUT2D eigenvalue weighted by atomic mass is 127. The van der Waals surface area contributed by atoms with Crippen molar-refractivity contribution >= 4 is 34.7 Å². The van der Waals surface area contributed by atoms with E-state index in [4.69, 9.17) is 11.6 Å². The van der Waals surface area contributed by atoms with Gasteiger partial charge in [-0.2, -0.15) is 4.57 Å². The molecule has 0 bridgehead atoms. The number of rotatable bonds is 2. The van der Waals surface area contributed by atoms with E-state index < -0.39 is 0 Å². The SMILES string of the molecule is C[n+]1c(C=Cc2ccc(Cl)cc2)ccc2ccccc21.[I-]. The highest BCUT2D eigenvalue weighted by molar-refractivity contribution is 6.30. The second-order valence-electron chi connectivity index (χ2n) is 4.76. The quantitative estimate of drug-likeness (QED) is 0.448. The minimum atomic E-state index is 0. The first kappa shape index (κ1) is 16.0. The Morgan fingerprint density at radius 1 is 0.857 bits per heavy atom. The Hall–Kier alpha value is -1.39. The molecule has 3 rings (SSSR count). The maximum atomic E-state index is 5.89. The fraction of sp³-hybridized carbons (Fsp3) is 0.0556. The van der Waals surface area contributed by atoms with Crippen LogP contribution in [0.2, 0.25) is 5.02 Å². The van der Waals surface area contributed by atoms with E-state index in [9.17, 15) is 0 Å². The molecular formula is C18H15ClIN. The van der Waals surface area contributed by atoms with Crippen molar-refractivity contribution in [2.45, 2.75) is 0 Å². The normalized spacial score (nSPS) is 10.8. The zero-order valence-corrected chi connectivity index (χ0v) is 14.5. The second kappa shape index (κ2) is 7.05. The van der Waals surface area contributed by atoms with Crippen LogP contribution in [-0.4, -0.2) is 0 Å². The van der Waals surface area contributed by atoms with Gasteiger partial charge < -0.3 is 24.0 Å². The Kier molecular flexibility index (Phi) is 5.37. The van der Waals surface area contributed by atoms with Crippen LogP contribution in [0, 0.1) is 0 Å². The molecular weight excluding hydrogens is 393 g/mol. The first-order valence-corrected chi connectivity index (χ1v) is 6.93. The number of hydrogen-bond donors (Lipinski definition) is 0. The standard InChI is InChI=1S/C18H15ClN.HI/c1-20-17(12-8-14-6-10-16(19)11-7-14)13-9-15-4-2-3-5-18(15)20;/h2-13H,1H3;1H/q+1;/p-1. The van der Waals surface area contributed by atoms with Crippen molar-refractivity contribution < 1.29 is 28.5 Å². The third-order valence-corrected chi connectivity index (χ3v) is 3.69. The summed E-state index contributed by atoms with van der Waals surface area (Å²) in [6.07, 6.45) is 4.22. The molecule has 0 atom stereocenters. The van der Waals surface area contributed by atoms with Gasteiger partial charge in [0.25, 0.3) is 0 Å². The van der Waals surface area contributed by atoms with Crippen LogP contribution in [0.3, 0.4) is 0 Å². The molecule has 0 spiro atoms. The molecule has 1 aromatic heterocycles. The molecule has 0 N–H and O–H groups in total. The summed E-state index contributed by atoms with van der Waals surface area (Å²) in [4.78, 5) is 0. The van der Waals surface area contributed by atoms with Crippen molar-refractivity contribution in [2.75, 3.05) is 0 Å². The smallest absolute Gasteiger partial charge is 0.212 e. The molecule has 0 saturated carbocycles. The average molecular weight is 408 g/mol. The van der Waals surface area contributed by atoms with E-state index in [-0.39, 0.29) is 24.0 Å². The largest absolute Gasteiger partial charge is 1.00 e. The Labute approximate surface area is 146 Å². The van der Waals surface area contributed by atoms with E-state index in [1.807, 2.05) is 24.3 Å². The third-order valence-electron chi connectivity index (χ3n) is 3.44. The number of aryl methyl sites for hydroxylation is 1. The molecule has 21 heavy (non-hydrogen) atoms. The van der Waals surface area contributed by atoms with Crippen LogP contribution in [0.15, 0.2) is 60.7 Å². The first-order valence-electron chi connectivity index (χ1n) is 6.55. The second-order valence-corrected chi connectivity index (χ2v) is 5.20. The van der Waals surface area contributed by atoms with Gasteiger partial charge in [-0.15, -0.1) is 0 Å². The van der Waals surface area contributed by atoms with Gasteiger partial charge in [-0.25, -0.2) is 0 Å². The van der Waals surface area contributed by atoms with Gasteiger partial charge in [0.2, 0.25) is 11.2 Å². The summed E-state index contributed by atoms with van der Waals surface area (Å²) in [5, 5.41) is 2.01. The Balaban J connectivity index is 0.00000161. The number of para-hydroxylation sites is 1. The zero-order valence-electron chi connectivity index (χ0n) is 11.6. The van der Waals surface area contributed by atoms with Crippen molar-refractivity contribution in [1.29, 1.82) is 0 Å². The minimum absolute atomic E-state index is 0. The van der Waals surface area contributed by atoms with Crippen molar-refractivity contribution in [3.8, 4) is 0 Å². The van der Waals surface area contributed by atoms with E-state index in [0.29, 0.717) is 0 Å². The minimum Gasteiger partial charge on any atom is -1.00 e. The van der Waals surface area contributed by atoms with Crippen LogP contribution in [0.5, 0.6) is 0 Å². The number of fused-ring (bicyclic) bond motifs is 1. The molecule has 0 amide bonds. The average Bonchev–Trinajstić information content (AvgIpc) is 2.49. The summed E-state index contributed by atoms with van der Waals surface area (Å²) in [6, 6.07) is 20.5. The van der Waals surface area contributed by atoms with E-state index in [1.165, 1.54) is 16.6 Å². The molecule has 0 aliphatic rings. The fourth-order valence-electron chi connectivity index (χ4n) is 2.28. The van der Waals surface area contributed by atoms with Gasteiger partial charge >= 0.3 is 0 Å². The molecule has 106 valence electrons. The lowest BCUT2D eigenvalue weighted by molar-refractivity contribution is -0.646. The molecule has 3 heteroatoms. The zero-order chi connectivity index (χ0) is 13.9. The predicted octanol–water partition coefficient (Wildman–Crippen LogP) is 1.49. The van der Waals surface area contributed by atoms with Gasteiger partial charge in [0, 0.05) is 28.6 Å². The molecule has 0 radical (unpaired) electrons. The molecule has 2 aromatic carbocycles. The summed E-state index contributed by atoms with van der Waals surface area (Å²) >= 11 is 5.89. The van der Waals surface area contributed by atoms with Crippen molar-refractivity contribution in [3.05, 3.63) is 76.9 Å². The lowest BCUT2D eigenvalue weighted by Gasteiger charge is -1.99. The third kappa shape index (κ3) is 3.63. The highest BCUT2D eigenvalue weighted by Gasteiger charge is 2.07. The van der Waals surface area contributed by atoms with Gasteiger partial charge in [0.15, 0.2) is 0 Å². The Morgan fingerprint density at radius 2 is 1.57 bits per heavy atom. The maximum absolute atomic E-state index is 5.89. The molecule has 3 aromatic rings. The number of aromatic nitrogens is 1. The number of halogens is 2. The van der Waals surface area contributed by atoms with Crippen LogP contribution in [0.4, 0.5) is 0 Å². The summed E-state index contributed by atoms with van der Waals surface area (Å²) in [6.45, 7) is 0. The van der Waals surface area contributed by atoms with E-state index >= 15 is 0 Å². The van der Waals surface area contributed by atoms with Crippen molar-refractivity contribution in [3.63, 3.8) is 0 Å². The summed E-state index contributed by atoms with van der Waals surface area (Å²) < 4.78 is 2.20. The summed E-state index contributed by atoms with van der Waals surface area (Å²) in [5.41, 5.74) is 3.53. The van der Waals surface area contributed by atoms with Crippen LogP contribution in [0.1, 0.15) is 11.3 Å². The first-order chi connectivity index (χ1) is 9.74. The molecule has 0 fully saturated rings. The Morgan fingerprint density at radius 3 is 2.33 bits per heavy atom. The van der Waals surface area contributed by atoms with Crippen molar-refractivity contribution in [1.82, 2.24) is 0 Å². The van der Waals surface area contributed by atoms with Gasteiger partial charge in [0.05, 0.1) is 0 Å². The maximum Gasteiger partial charge on any atom is 0.212 e. The van der Waals surface area contributed by atoms with Crippen LogP contribution >= 0.6 is 11.6 Å². The number of nitrogens with zero attached hydrogens (tertiary/aromatic N) is 1. The number of pyridine rings is 1. The van der Waals surface area contributed by atoms with Crippen LogP contribution in [-0.2, 0) is 7.05 Å². The molecule has 0 aliphatic heterocycles. The van der Waals surface area contributed by atoms with E-state index in [2.05, 4.69) is 60.2 Å². The lowest BCUT2D eigenvalue weighted by atomic mass is 10.1. The molecule has 0 unspecified atom stereocenters. The predicted molar refractivity (Wildman–Crippen MR) is 85.5 cm³/mol. The summed E-state index contributed by atoms with van der Waals surface area (Å²) in [7, 11) is 2.09. The Bertz CT molecular complexity index is 779. The van der Waals surface area contributed by atoms with E-state index in [1.54, 1.807) is 0 Å². The molecule has 0 aliphatic carbocycles. The van der Waals surface area contributed by atoms with Crippen molar-refractivity contribution in [2.24, 2.45) is 7.05 Å². The lowest BCUT2D eigenvalue weighted by Crippen LogP contribution is -3.00. The van der Waals surface area contributed by atoms with Gasteiger partial charge in [0.1, 0.15) is 7.05 Å². The van der Waals surface area contributed by atoms with Gasteiger partial charge in [-0.1, -0.05) is 35.9 Å². The van der Waals surface area contributed by atoms with Crippen LogP contribution in [0.25, 0.3) is 23.1 Å². The summed E-state index contributed by atoms with van der Waals surface area (Å²) in [5.74, 6) is 0. The number of benzene rings is 2. The van der Waals surface area contributed by atoms with Crippen LogP contribution < -0.4 is 28.5 Å². The molecule has 1 nitrogen and oxygen atoms in total. The molecule has 0 saturated heterocycles. The molecule has 1 heterocycles. The topological polar surface area (TPSA) is 3.88 Å². The monoisotopic (exact) mass is 407 g/mol. The fourth-order valence-corrected chi connectivity index (χ4v) is 2.41.